The van der Waals surface area contributed by atoms with Crippen molar-refractivity contribution in [1.82, 2.24) is 0 Å². The molecule has 3 N–H and O–H groups in total. The van der Waals surface area contributed by atoms with Crippen molar-refractivity contribution in [2.75, 3.05) is 13.2 Å². The number of aliphatic hydroxyl groups is 1. The topological polar surface area (TPSA) is 147 Å². The fourth-order valence-corrected chi connectivity index (χ4v) is 1.26. The second-order valence-electron chi connectivity index (χ2n) is 5.57. The van der Waals surface area contributed by atoms with E-state index in [0.717, 1.165) is 0 Å². The molecule has 26 heavy (non-hydrogen) atoms. The van der Waals surface area contributed by atoms with Crippen molar-refractivity contribution >= 4 is 23.9 Å². The first-order valence-corrected chi connectivity index (χ1v) is 7.66. The molecular weight excluding hydrogens is 348 g/mol. The van der Waals surface area contributed by atoms with E-state index in [9.17, 15) is 19.2 Å². The second-order valence-corrected chi connectivity index (χ2v) is 5.57. The van der Waals surface area contributed by atoms with Crippen molar-refractivity contribution in [2.24, 2.45) is 5.92 Å². The Bertz CT molecular complexity index is 534. The number of hydrogen-bond acceptors (Lipinski definition) is 7. The smallest absolute Gasteiger partial charge is 0.333 e. The Morgan fingerprint density at radius 2 is 1.42 bits per heavy atom. The van der Waals surface area contributed by atoms with E-state index in [0.29, 0.717) is 5.57 Å². The van der Waals surface area contributed by atoms with Gasteiger partial charge in [0, 0.05) is 11.1 Å². The van der Waals surface area contributed by atoms with Gasteiger partial charge in [0.25, 0.3) is 0 Å². The van der Waals surface area contributed by atoms with Gasteiger partial charge in [-0.05, 0) is 27.2 Å². The van der Waals surface area contributed by atoms with E-state index in [1.54, 1.807) is 13.8 Å². The van der Waals surface area contributed by atoms with Crippen LogP contribution in [0.15, 0.2) is 24.3 Å². The third-order valence-corrected chi connectivity index (χ3v) is 2.62. The van der Waals surface area contributed by atoms with Gasteiger partial charge in [-0.15, -0.1) is 0 Å². The minimum Gasteiger partial charge on any atom is -0.481 e. The van der Waals surface area contributed by atoms with Gasteiger partial charge in [-0.25, -0.2) is 9.59 Å². The number of carbonyl (C=O) groups excluding carboxylic acids is 2. The van der Waals surface area contributed by atoms with Gasteiger partial charge in [-0.3, -0.25) is 9.59 Å². The van der Waals surface area contributed by atoms with Crippen molar-refractivity contribution in [3.8, 4) is 0 Å². The zero-order valence-electron chi connectivity index (χ0n) is 15.2. The monoisotopic (exact) mass is 374 g/mol. The molecule has 0 aromatic rings. The van der Waals surface area contributed by atoms with E-state index in [4.69, 9.17) is 15.3 Å². The first-order valence-electron chi connectivity index (χ1n) is 7.66. The van der Waals surface area contributed by atoms with Gasteiger partial charge < -0.3 is 24.8 Å². The SMILES string of the molecule is C=C(C)C(=O)OCC(C)O.C=C(C)C(=O)OCCC(CC(=O)O)C(=O)O. The number of rotatable bonds is 10. The number of carboxylic acid groups (broad SMARTS) is 2. The lowest BCUT2D eigenvalue weighted by Gasteiger charge is -2.09. The van der Waals surface area contributed by atoms with Crippen molar-refractivity contribution in [2.45, 2.75) is 39.7 Å². The van der Waals surface area contributed by atoms with Crippen molar-refractivity contribution in [1.29, 1.82) is 0 Å². The maximum absolute atomic E-state index is 10.9. The average Bonchev–Trinajstić information content (AvgIpc) is 2.51. The summed E-state index contributed by atoms with van der Waals surface area (Å²) in [4.78, 5) is 42.5. The maximum Gasteiger partial charge on any atom is 0.333 e. The molecule has 0 aliphatic carbocycles. The van der Waals surface area contributed by atoms with E-state index >= 15 is 0 Å². The fourth-order valence-electron chi connectivity index (χ4n) is 1.26. The molecule has 0 aromatic carbocycles. The van der Waals surface area contributed by atoms with Crippen LogP contribution in [0.5, 0.6) is 0 Å². The minimum atomic E-state index is -1.21. The average molecular weight is 374 g/mol. The zero-order valence-corrected chi connectivity index (χ0v) is 15.2. The molecule has 0 fully saturated rings. The molecule has 2 atom stereocenters. The zero-order chi connectivity index (χ0) is 20.9. The summed E-state index contributed by atoms with van der Waals surface area (Å²) in [6.45, 7) is 11.2. The summed E-state index contributed by atoms with van der Waals surface area (Å²) in [5.74, 6) is -4.52. The van der Waals surface area contributed by atoms with Crippen LogP contribution in [0.25, 0.3) is 0 Å². The van der Waals surface area contributed by atoms with Gasteiger partial charge in [-0.1, -0.05) is 13.2 Å². The Balaban J connectivity index is 0. The molecule has 0 bridgehead atoms. The van der Waals surface area contributed by atoms with Gasteiger partial charge in [-0.2, -0.15) is 0 Å². The van der Waals surface area contributed by atoms with Gasteiger partial charge in [0.2, 0.25) is 0 Å². The van der Waals surface area contributed by atoms with Crippen LogP contribution in [0.2, 0.25) is 0 Å². The van der Waals surface area contributed by atoms with Crippen LogP contribution in [0, 0.1) is 5.92 Å². The summed E-state index contributed by atoms with van der Waals surface area (Å²) in [5, 5.41) is 25.8. The first kappa shape index (κ1) is 25.6. The molecule has 0 amide bonds. The number of carbonyl (C=O) groups is 4. The largest absolute Gasteiger partial charge is 0.481 e. The molecule has 0 saturated carbocycles. The summed E-state index contributed by atoms with van der Waals surface area (Å²) in [7, 11) is 0. The van der Waals surface area contributed by atoms with Crippen LogP contribution in [0.3, 0.4) is 0 Å². The number of ether oxygens (including phenoxy) is 2. The molecule has 2 unspecified atom stereocenters. The summed E-state index contributed by atoms with van der Waals surface area (Å²) < 4.78 is 9.25. The highest BCUT2D eigenvalue weighted by Gasteiger charge is 2.21. The normalized spacial score (nSPS) is 11.8. The predicted molar refractivity (Wildman–Crippen MR) is 91.2 cm³/mol. The molecule has 0 saturated heterocycles. The molecular formula is C17H26O9. The number of aliphatic carboxylic acids is 2. The molecule has 0 radical (unpaired) electrons. The van der Waals surface area contributed by atoms with E-state index in [1.807, 2.05) is 0 Å². The Hall–Kier alpha value is -2.68. The highest BCUT2D eigenvalue weighted by Crippen LogP contribution is 2.09. The summed E-state index contributed by atoms with van der Waals surface area (Å²) >= 11 is 0. The quantitative estimate of drug-likeness (QED) is 0.378. The van der Waals surface area contributed by atoms with Crippen LogP contribution in [-0.2, 0) is 28.7 Å². The molecule has 0 heterocycles. The van der Waals surface area contributed by atoms with E-state index in [-0.39, 0.29) is 25.2 Å². The third kappa shape index (κ3) is 14.9. The Kier molecular flexibility index (Phi) is 13.4. The molecule has 0 rings (SSSR count). The number of hydrogen-bond donors (Lipinski definition) is 3. The molecule has 0 aromatic heterocycles. The van der Waals surface area contributed by atoms with Crippen LogP contribution < -0.4 is 0 Å². The Morgan fingerprint density at radius 3 is 1.77 bits per heavy atom. The molecule has 148 valence electrons. The first-order chi connectivity index (χ1) is 11.9. The third-order valence-electron chi connectivity index (χ3n) is 2.62. The lowest BCUT2D eigenvalue weighted by atomic mass is 10.0. The Labute approximate surface area is 151 Å². The number of esters is 2. The summed E-state index contributed by atoms with van der Waals surface area (Å²) in [6, 6.07) is 0. The standard InChI is InChI=1S/C10H14O6.C7H12O3/c1-6(2)10(15)16-4-3-7(9(13)14)5-8(11)12;1-5(2)7(9)10-4-6(3)8/h7H,1,3-5H2,2H3,(H,11,12)(H,13,14);6,8H,1,4H2,2-3H3. The van der Waals surface area contributed by atoms with E-state index in [2.05, 4.69) is 22.6 Å². The second kappa shape index (κ2) is 13.6. The molecule has 9 nitrogen and oxygen atoms in total. The predicted octanol–water partition coefficient (Wildman–Crippen LogP) is 1.16. The van der Waals surface area contributed by atoms with Gasteiger partial charge >= 0.3 is 23.9 Å². The van der Waals surface area contributed by atoms with Gasteiger partial charge in [0.1, 0.15) is 6.61 Å². The van der Waals surface area contributed by atoms with Crippen LogP contribution in [0.4, 0.5) is 0 Å². The highest BCUT2D eigenvalue weighted by atomic mass is 16.5. The van der Waals surface area contributed by atoms with Crippen molar-refractivity contribution in [3.05, 3.63) is 24.3 Å². The van der Waals surface area contributed by atoms with E-state index in [1.165, 1.54) is 6.92 Å². The van der Waals surface area contributed by atoms with Crippen LogP contribution in [0.1, 0.15) is 33.6 Å². The van der Waals surface area contributed by atoms with Crippen molar-refractivity contribution < 1.29 is 44.0 Å². The number of carboxylic acids is 2. The lowest BCUT2D eigenvalue weighted by molar-refractivity contribution is -0.150. The molecule has 0 aliphatic heterocycles. The summed E-state index contributed by atoms with van der Waals surface area (Å²) in [6.07, 6.45) is -1.12. The van der Waals surface area contributed by atoms with Crippen LogP contribution >= 0.6 is 0 Å². The Morgan fingerprint density at radius 1 is 0.962 bits per heavy atom. The van der Waals surface area contributed by atoms with Gasteiger partial charge in [0.05, 0.1) is 25.0 Å². The summed E-state index contributed by atoms with van der Waals surface area (Å²) in [5.41, 5.74) is 0.561. The van der Waals surface area contributed by atoms with Crippen LogP contribution in [-0.4, -0.2) is 58.5 Å². The molecule has 0 aliphatic rings. The van der Waals surface area contributed by atoms with E-state index < -0.39 is 42.3 Å². The minimum absolute atomic E-state index is 0.0271. The fraction of sp³-hybridized carbons (Fsp3) is 0.529. The molecule has 0 spiro atoms. The lowest BCUT2D eigenvalue weighted by Crippen LogP contribution is -2.20. The van der Waals surface area contributed by atoms with Gasteiger partial charge in [0.15, 0.2) is 0 Å². The number of aliphatic hydroxyl groups excluding tert-OH is 1. The molecule has 9 heteroatoms. The maximum atomic E-state index is 10.9. The van der Waals surface area contributed by atoms with Crippen molar-refractivity contribution in [3.63, 3.8) is 0 Å². The highest BCUT2D eigenvalue weighted by molar-refractivity contribution is 5.87.